The maximum absolute atomic E-state index is 12.2. The van der Waals surface area contributed by atoms with Gasteiger partial charge in [-0.2, -0.15) is 13.2 Å². The maximum atomic E-state index is 12.2. The summed E-state index contributed by atoms with van der Waals surface area (Å²) in [4.78, 5) is 0. The third-order valence-corrected chi connectivity index (χ3v) is 1.81. The third-order valence-electron chi connectivity index (χ3n) is 1.81. The summed E-state index contributed by atoms with van der Waals surface area (Å²) < 4.78 is 41.4. The van der Waals surface area contributed by atoms with E-state index in [-0.39, 0.29) is 5.56 Å². The van der Waals surface area contributed by atoms with Crippen molar-refractivity contribution in [3.05, 3.63) is 29.8 Å². The van der Waals surface area contributed by atoms with Crippen molar-refractivity contribution in [2.45, 2.75) is 12.2 Å². The molecule has 0 bridgehead atoms. The maximum Gasteiger partial charge on any atom is 0.407 e. The Morgan fingerprint density at radius 1 is 1.36 bits per heavy atom. The van der Waals surface area contributed by atoms with E-state index in [1.807, 2.05) is 0 Å². The van der Waals surface area contributed by atoms with Crippen LogP contribution in [0.1, 0.15) is 11.6 Å². The standard InChI is InChI=1S/C9H10F3NO/c1-14-7-4-2-3-6(5-7)8(13)9(10,11)12/h2-5,8H,13H2,1H3. The van der Waals surface area contributed by atoms with Crippen LogP contribution in [0.5, 0.6) is 5.75 Å². The van der Waals surface area contributed by atoms with Crippen LogP contribution in [0, 0.1) is 0 Å². The van der Waals surface area contributed by atoms with Gasteiger partial charge in [0.25, 0.3) is 0 Å². The first-order valence-corrected chi connectivity index (χ1v) is 3.91. The zero-order valence-electron chi connectivity index (χ0n) is 7.51. The molecule has 1 atom stereocenters. The number of hydrogen-bond donors (Lipinski definition) is 1. The molecule has 2 N–H and O–H groups in total. The van der Waals surface area contributed by atoms with E-state index in [1.54, 1.807) is 6.07 Å². The zero-order valence-corrected chi connectivity index (χ0v) is 7.51. The molecule has 0 saturated carbocycles. The molecule has 0 saturated heterocycles. The molecule has 0 aliphatic rings. The minimum Gasteiger partial charge on any atom is -0.497 e. The highest BCUT2D eigenvalue weighted by atomic mass is 19.4. The van der Waals surface area contributed by atoms with Gasteiger partial charge in [0.05, 0.1) is 7.11 Å². The van der Waals surface area contributed by atoms with Gasteiger partial charge in [0, 0.05) is 0 Å². The van der Waals surface area contributed by atoms with Gasteiger partial charge in [0.1, 0.15) is 11.8 Å². The van der Waals surface area contributed by atoms with Crippen molar-refractivity contribution in [1.29, 1.82) is 0 Å². The molecule has 14 heavy (non-hydrogen) atoms. The molecule has 0 radical (unpaired) electrons. The summed E-state index contributed by atoms with van der Waals surface area (Å²) in [5.41, 5.74) is 5.01. The van der Waals surface area contributed by atoms with Crippen LogP contribution in [0.3, 0.4) is 0 Å². The monoisotopic (exact) mass is 205 g/mol. The molecule has 78 valence electrons. The van der Waals surface area contributed by atoms with E-state index in [1.165, 1.54) is 25.3 Å². The molecule has 0 spiro atoms. The van der Waals surface area contributed by atoms with Gasteiger partial charge in [-0.25, -0.2) is 0 Å². The minimum atomic E-state index is -4.42. The fourth-order valence-corrected chi connectivity index (χ4v) is 1.02. The molecule has 0 aromatic heterocycles. The van der Waals surface area contributed by atoms with Gasteiger partial charge in [0.15, 0.2) is 0 Å². The number of benzene rings is 1. The van der Waals surface area contributed by atoms with E-state index in [0.29, 0.717) is 5.75 Å². The van der Waals surface area contributed by atoms with Gasteiger partial charge in [-0.3, -0.25) is 0 Å². The van der Waals surface area contributed by atoms with Crippen LogP contribution in [0.2, 0.25) is 0 Å². The van der Waals surface area contributed by atoms with Crippen LogP contribution < -0.4 is 10.5 Å². The topological polar surface area (TPSA) is 35.2 Å². The van der Waals surface area contributed by atoms with E-state index in [9.17, 15) is 13.2 Å². The minimum absolute atomic E-state index is 0.00292. The summed E-state index contributed by atoms with van der Waals surface area (Å²) in [6, 6.07) is 3.67. The Morgan fingerprint density at radius 3 is 2.50 bits per heavy atom. The van der Waals surface area contributed by atoms with Gasteiger partial charge >= 0.3 is 6.18 Å². The molecule has 0 fully saturated rings. The summed E-state index contributed by atoms with van der Waals surface area (Å²) in [5.74, 6) is 0.363. The number of hydrogen-bond acceptors (Lipinski definition) is 2. The molecule has 0 heterocycles. The van der Waals surface area contributed by atoms with Crippen molar-refractivity contribution in [2.75, 3.05) is 7.11 Å². The molecule has 2 nitrogen and oxygen atoms in total. The van der Waals surface area contributed by atoms with Crippen LogP contribution in [0.15, 0.2) is 24.3 Å². The fraction of sp³-hybridized carbons (Fsp3) is 0.333. The first-order chi connectivity index (χ1) is 6.45. The van der Waals surface area contributed by atoms with Gasteiger partial charge in [-0.1, -0.05) is 12.1 Å². The lowest BCUT2D eigenvalue weighted by Gasteiger charge is -2.16. The van der Waals surface area contributed by atoms with Crippen LogP contribution in [-0.2, 0) is 0 Å². The van der Waals surface area contributed by atoms with Crippen LogP contribution in [0.4, 0.5) is 13.2 Å². The van der Waals surface area contributed by atoms with Gasteiger partial charge in [0.2, 0.25) is 0 Å². The molecule has 5 heteroatoms. The van der Waals surface area contributed by atoms with E-state index in [2.05, 4.69) is 0 Å². The molecule has 1 aromatic rings. The molecule has 1 unspecified atom stereocenters. The largest absolute Gasteiger partial charge is 0.497 e. The Balaban J connectivity index is 2.95. The van der Waals surface area contributed by atoms with E-state index in [0.717, 1.165) is 0 Å². The zero-order chi connectivity index (χ0) is 10.8. The fourth-order valence-electron chi connectivity index (χ4n) is 1.02. The summed E-state index contributed by atoms with van der Waals surface area (Å²) >= 11 is 0. The smallest absolute Gasteiger partial charge is 0.407 e. The van der Waals surface area contributed by atoms with Crippen molar-refractivity contribution in [3.8, 4) is 5.75 Å². The van der Waals surface area contributed by atoms with Crippen molar-refractivity contribution in [1.82, 2.24) is 0 Å². The highest BCUT2D eigenvalue weighted by Gasteiger charge is 2.37. The second-order valence-electron chi connectivity index (χ2n) is 2.80. The van der Waals surface area contributed by atoms with E-state index in [4.69, 9.17) is 10.5 Å². The van der Waals surface area contributed by atoms with E-state index >= 15 is 0 Å². The quantitative estimate of drug-likeness (QED) is 0.803. The molecular weight excluding hydrogens is 195 g/mol. The predicted octanol–water partition coefficient (Wildman–Crippen LogP) is 2.26. The van der Waals surface area contributed by atoms with Gasteiger partial charge in [-0.15, -0.1) is 0 Å². The van der Waals surface area contributed by atoms with Crippen LogP contribution in [-0.4, -0.2) is 13.3 Å². The number of ether oxygens (including phenoxy) is 1. The number of halogens is 3. The lowest BCUT2D eigenvalue weighted by Crippen LogP contribution is -2.28. The summed E-state index contributed by atoms with van der Waals surface area (Å²) in [6.07, 6.45) is -4.42. The first kappa shape index (κ1) is 10.8. The Bertz CT molecular complexity index is 311. The number of rotatable bonds is 2. The highest BCUT2D eigenvalue weighted by Crippen LogP contribution is 2.31. The van der Waals surface area contributed by atoms with Crippen molar-refractivity contribution >= 4 is 0 Å². The summed E-state index contributed by atoms with van der Waals surface area (Å²) in [6.45, 7) is 0. The molecule has 1 aromatic carbocycles. The van der Waals surface area contributed by atoms with E-state index < -0.39 is 12.2 Å². The van der Waals surface area contributed by atoms with Crippen LogP contribution in [0.25, 0.3) is 0 Å². The van der Waals surface area contributed by atoms with Crippen molar-refractivity contribution < 1.29 is 17.9 Å². The average Bonchev–Trinajstić information content (AvgIpc) is 2.15. The Morgan fingerprint density at radius 2 is 2.00 bits per heavy atom. The number of alkyl halides is 3. The predicted molar refractivity (Wildman–Crippen MR) is 46.0 cm³/mol. The molecule has 1 rings (SSSR count). The molecular formula is C9H10F3NO. The van der Waals surface area contributed by atoms with Crippen LogP contribution >= 0.6 is 0 Å². The summed E-state index contributed by atoms with van der Waals surface area (Å²) in [5, 5.41) is 0. The Kier molecular flexibility index (Phi) is 3.00. The molecule has 0 aliphatic heterocycles. The lowest BCUT2D eigenvalue weighted by atomic mass is 10.1. The van der Waals surface area contributed by atoms with Gasteiger partial charge < -0.3 is 10.5 Å². The second kappa shape index (κ2) is 3.88. The molecule has 0 aliphatic carbocycles. The van der Waals surface area contributed by atoms with Crippen molar-refractivity contribution in [3.63, 3.8) is 0 Å². The Hall–Kier alpha value is -1.23. The SMILES string of the molecule is COc1cccc(C(N)C(F)(F)F)c1. The Labute approximate surface area is 79.5 Å². The normalized spacial score (nSPS) is 13.8. The average molecular weight is 205 g/mol. The molecule has 0 amide bonds. The van der Waals surface area contributed by atoms with Gasteiger partial charge in [-0.05, 0) is 17.7 Å². The lowest BCUT2D eigenvalue weighted by molar-refractivity contribution is -0.149. The highest BCUT2D eigenvalue weighted by molar-refractivity contribution is 5.30. The van der Waals surface area contributed by atoms with Crippen molar-refractivity contribution in [2.24, 2.45) is 5.73 Å². The third kappa shape index (κ3) is 2.38. The second-order valence-corrected chi connectivity index (χ2v) is 2.80. The summed E-state index contributed by atoms with van der Waals surface area (Å²) in [7, 11) is 1.39. The number of methoxy groups -OCH3 is 1. The first-order valence-electron chi connectivity index (χ1n) is 3.91. The number of nitrogens with two attached hydrogens (primary N) is 1.